The largest absolute Gasteiger partial charge is 0.339 e. The quantitative estimate of drug-likeness (QED) is 0.780. The van der Waals surface area contributed by atoms with Gasteiger partial charge >= 0.3 is 0 Å². The predicted octanol–water partition coefficient (Wildman–Crippen LogP) is 2.15. The van der Waals surface area contributed by atoms with Gasteiger partial charge in [-0.25, -0.2) is 4.39 Å². The number of rotatable bonds is 3. The van der Waals surface area contributed by atoms with Crippen LogP contribution in [0.4, 0.5) is 4.39 Å². The molecule has 2 aliphatic heterocycles. The van der Waals surface area contributed by atoms with E-state index in [2.05, 4.69) is 0 Å². The number of benzene rings is 1. The summed E-state index contributed by atoms with van der Waals surface area (Å²) in [5, 5.41) is 0. The molecule has 3 aliphatic rings. The van der Waals surface area contributed by atoms with Crippen LogP contribution in [0.15, 0.2) is 24.3 Å². The third-order valence-corrected chi connectivity index (χ3v) is 6.51. The molecule has 3 fully saturated rings. The van der Waals surface area contributed by atoms with E-state index in [-0.39, 0.29) is 35.4 Å². The van der Waals surface area contributed by atoms with Gasteiger partial charge in [0.25, 0.3) is 5.91 Å². The minimum absolute atomic E-state index is 0.0809. The Labute approximate surface area is 170 Å². The Bertz CT molecular complexity index is 770. The van der Waals surface area contributed by atoms with E-state index in [1.165, 1.54) is 24.3 Å². The van der Waals surface area contributed by atoms with Crippen molar-refractivity contribution in [2.24, 2.45) is 11.8 Å². The number of piperidine rings is 1. The van der Waals surface area contributed by atoms with Gasteiger partial charge in [0.05, 0.1) is 5.92 Å². The van der Waals surface area contributed by atoms with E-state index in [1.54, 1.807) is 4.90 Å². The third kappa shape index (κ3) is 4.28. The van der Waals surface area contributed by atoms with Crippen LogP contribution >= 0.6 is 0 Å². The molecule has 2 saturated heterocycles. The molecule has 1 aromatic carbocycles. The van der Waals surface area contributed by atoms with Crippen molar-refractivity contribution in [3.8, 4) is 0 Å². The van der Waals surface area contributed by atoms with Gasteiger partial charge in [-0.15, -0.1) is 0 Å². The number of halogens is 1. The van der Waals surface area contributed by atoms with E-state index in [4.69, 9.17) is 0 Å². The number of hydrogen-bond acceptors (Lipinski definition) is 3. The second kappa shape index (κ2) is 8.51. The van der Waals surface area contributed by atoms with Crippen LogP contribution in [-0.2, 0) is 9.59 Å². The molecule has 1 saturated carbocycles. The summed E-state index contributed by atoms with van der Waals surface area (Å²) < 4.78 is 13.1. The molecule has 1 atom stereocenters. The fourth-order valence-electron chi connectivity index (χ4n) is 4.46. The second-order valence-electron chi connectivity index (χ2n) is 8.38. The smallest absolute Gasteiger partial charge is 0.253 e. The molecule has 4 rings (SSSR count). The Balaban J connectivity index is 1.31. The molecule has 1 aliphatic carbocycles. The van der Waals surface area contributed by atoms with Gasteiger partial charge in [-0.2, -0.15) is 0 Å². The molecule has 29 heavy (non-hydrogen) atoms. The van der Waals surface area contributed by atoms with Crippen LogP contribution in [0.5, 0.6) is 0 Å². The number of piperazine rings is 1. The molecule has 0 aromatic heterocycles. The third-order valence-electron chi connectivity index (χ3n) is 6.51. The van der Waals surface area contributed by atoms with Crippen molar-refractivity contribution in [1.82, 2.24) is 14.7 Å². The Morgan fingerprint density at radius 2 is 1.28 bits per heavy atom. The van der Waals surface area contributed by atoms with Gasteiger partial charge < -0.3 is 14.7 Å². The minimum atomic E-state index is -0.372. The van der Waals surface area contributed by atoms with Gasteiger partial charge in [0.2, 0.25) is 11.8 Å². The highest BCUT2D eigenvalue weighted by Gasteiger charge is 2.35. The van der Waals surface area contributed by atoms with Gasteiger partial charge in [0.15, 0.2) is 0 Å². The highest BCUT2D eigenvalue weighted by atomic mass is 19.1. The monoisotopic (exact) mass is 401 g/mol. The van der Waals surface area contributed by atoms with Crippen LogP contribution in [-0.4, -0.2) is 71.7 Å². The highest BCUT2D eigenvalue weighted by Crippen LogP contribution is 2.29. The van der Waals surface area contributed by atoms with Crippen LogP contribution in [0.1, 0.15) is 42.5 Å². The van der Waals surface area contributed by atoms with E-state index in [0.29, 0.717) is 44.8 Å². The Morgan fingerprint density at radius 3 is 1.83 bits per heavy atom. The maximum Gasteiger partial charge on any atom is 0.253 e. The van der Waals surface area contributed by atoms with Crippen molar-refractivity contribution < 1.29 is 18.8 Å². The lowest BCUT2D eigenvalue weighted by Crippen LogP contribution is -2.55. The first kappa shape index (κ1) is 19.9. The van der Waals surface area contributed by atoms with Gasteiger partial charge in [-0.05, 0) is 49.9 Å². The summed E-state index contributed by atoms with van der Waals surface area (Å²) in [6, 6.07) is 5.54. The van der Waals surface area contributed by atoms with E-state index >= 15 is 0 Å². The van der Waals surface area contributed by atoms with Crippen LogP contribution in [0.3, 0.4) is 0 Å². The number of carbonyl (C=O) groups is 3. The van der Waals surface area contributed by atoms with Crippen molar-refractivity contribution in [2.75, 3.05) is 39.3 Å². The van der Waals surface area contributed by atoms with E-state index in [1.807, 2.05) is 9.80 Å². The molecule has 1 unspecified atom stereocenters. The topological polar surface area (TPSA) is 60.9 Å². The van der Waals surface area contributed by atoms with Gasteiger partial charge in [-0.1, -0.05) is 6.42 Å². The van der Waals surface area contributed by atoms with Gasteiger partial charge in [0.1, 0.15) is 5.82 Å². The molecule has 0 spiro atoms. The standard InChI is InChI=1S/C22H28FN3O3/c23-19-8-6-17(7-9-19)21(28)26-10-2-5-18(15-26)22(29)25-13-11-24(12-14-25)20(27)16-3-1-4-16/h6-9,16,18H,1-5,10-15H2. The van der Waals surface area contributed by atoms with E-state index < -0.39 is 0 Å². The lowest BCUT2D eigenvalue weighted by Gasteiger charge is -2.40. The van der Waals surface area contributed by atoms with Crippen molar-refractivity contribution in [2.45, 2.75) is 32.1 Å². The summed E-state index contributed by atoms with van der Waals surface area (Å²) in [5.74, 6) is -0.209. The lowest BCUT2D eigenvalue weighted by molar-refractivity contribution is -0.146. The first-order valence-electron chi connectivity index (χ1n) is 10.7. The lowest BCUT2D eigenvalue weighted by atomic mass is 9.84. The summed E-state index contributed by atoms with van der Waals surface area (Å²) >= 11 is 0. The van der Waals surface area contributed by atoms with Crippen LogP contribution in [0.2, 0.25) is 0 Å². The fourth-order valence-corrected chi connectivity index (χ4v) is 4.46. The normalized spacial score (nSPS) is 22.9. The fraction of sp³-hybridized carbons (Fsp3) is 0.591. The molecule has 0 radical (unpaired) electrons. The summed E-state index contributed by atoms with van der Waals surface area (Å²) in [5.41, 5.74) is 0.447. The van der Waals surface area contributed by atoms with E-state index in [9.17, 15) is 18.8 Å². The molecular weight excluding hydrogens is 373 g/mol. The number of hydrogen-bond donors (Lipinski definition) is 0. The van der Waals surface area contributed by atoms with Crippen LogP contribution < -0.4 is 0 Å². The zero-order valence-corrected chi connectivity index (χ0v) is 16.7. The molecule has 6 nitrogen and oxygen atoms in total. The first-order valence-corrected chi connectivity index (χ1v) is 10.7. The van der Waals surface area contributed by atoms with Crippen molar-refractivity contribution in [3.05, 3.63) is 35.6 Å². The molecule has 156 valence electrons. The molecule has 0 N–H and O–H groups in total. The molecule has 7 heteroatoms. The molecule has 0 bridgehead atoms. The number of nitrogens with zero attached hydrogens (tertiary/aromatic N) is 3. The zero-order valence-electron chi connectivity index (χ0n) is 16.7. The SMILES string of the molecule is O=C(c1ccc(F)cc1)N1CCCC(C(=O)N2CCN(C(=O)C3CCC3)CC2)C1. The molecule has 3 amide bonds. The molecular formula is C22H28FN3O3. The maximum absolute atomic E-state index is 13.1. The van der Waals surface area contributed by atoms with Crippen molar-refractivity contribution >= 4 is 17.7 Å². The Morgan fingerprint density at radius 1 is 0.724 bits per heavy atom. The average Bonchev–Trinajstić information content (AvgIpc) is 2.72. The number of likely N-dealkylation sites (tertiary alicyclic amines) is 1. The maximum atomic E-state index is 13.1. The van der Waals surface area contributed by atoms with Crippen molar-refractivity contribution in [1.29, 1.82) is 0 Å². The van der Waals surface area contributed by atoms with Gasteiger partial charge in [-0.3, -0.25) is 14.4 Å². The number of carbonyl (C=O) groups excluding carboxylic acids is 3. The van der Waals surface area contributed by atoms with Crippen LogP contribution in [0, 0.1) is 17.7 Å². The Hall–Kier alpha value is -2.44. The first-order chi connectivity index (χ1) is 14.0. The average molecular weight is 401 g/mol. The molecule has 1 aromatic rings. The predicted molar refractivity (Wildman–Crippen MR) is 106 cm³/mol. The van der Waals surface area contributed by atoms with E-state index in [0.717, 1.165) is 32.1 Å². The number of amides is 3. The van der Waals surface area contributed by atoms with Crippen molar-refractivity contribution in [3.63, 3.8) is 0 Å². The second-order valence-corrected chi connectivity index (χ2v) is 8.38. The summed E-state index contributed by atoms with van der Waals surface area (Å²) in [6.07, 6.45) is 4.69. The minimum Gasteiger partial charge on any atom is -0.339 e. The molecule has 2 heterocycles. The summed E-state index contributed by atoms with van der Waals surface area (Å²) in [7, 11) is 0. The summed E-state index contributed by atoms with van der Waals surface area (Å²) in [6.45, 7) is 3.36. The van der Waals surface area contributed by atoms with Gasteiger partial charge in [0, 0.05) is 50.7 Å². The highest BCUT2D eigenvalue weighted by molar-refractivity contribution is 5.94. The Kier molecular flexibility index (Phi) is 5.83. The van der Waals surface area contributed by atoms with Crippen LogP contribution in [0.25, 0.3) is 0 Å². The zero-order chi connectivity index (χ0) is 20.4. The summed E-state index contributed by atoms with van der Waals surface area (Å²) in [4.78, 5) is 43.6.